The van der Waals surface area contributed by atoms with E-state index in [1.807, 2.05) is 0 Å². The van der Waals surface area contributed by atoms with Gasteiger partial charge in [0, 0.05) is 57.2 Å². The number of carbonyl (C=O) groups is 1. The first-order valence-corrected chi connectivity index (χ1v) is 7.57. The maximum absolute atomic E-state index is 12.4. The van der Waals surface area contributed by atoms with Crippen molar-refractivity contribution in [1.29, 1.82) is 0 Å². The summed E-state index contributed by atoms with van der Waals surface area (Å²) in [6.45, 7) is 5.74. The number of aromatic amines is 1. The molecule has 1 fully saturated rings. The Bertz CT molecular complexity index is 520. The molecule has 1 atom stereocenters. The van der Waals surface area contributed by atoms with E-state index in [0.717, 1.165) is 25.9 Å². The van der Waals surface area contributed by atoms with E-state index in [4.69, 9.17) is 5.73 Å². The molecule has 1 aliphatic rings. The van der Waals surface area contributed by atoms with Gasteiger partial charge in [0.05, 0.1) is 0 Å². The highest BCUT2D eigenvalue weighted by atomic mass is 16.2. The Labute approximate surface area is 124 Å². The lowest BCUT2D eigenvalue weighted by Gasteiger charge is -2.38. The highest BCUT2D eigenvalue weighted by Gasteiger charge is 2.26. The fourth-order valence-corrected chi connectivity index (χ4v) is 2.83. The van der Waals surface area contributed by atoms with Crippen LogP contribution in [-0.4, -0.2) is 59.5 Å². The molecule has 1 aliphatic heterocycles. The van der Waals surface area contributed by atoms with E-state index in [9.17, 15) is 9.59 Å². The first kappa shape index (κ1) is 15.7. The van der Waals surface area contributed by atoms with Crippen molar-refractivity contribution < 1.29 is 4.79 Å². The number of rotatable bonds is 5. The normalized spacial score (nSPS) is 17.7. The van der Waals surface area contributed by atoms with Crippen LogP contribution in [0.4, 0.5) is 0 Å². The van der Waals surface area contributed by atoms with Crippen LogP contribution >= 0.6 is 0 Å². The predicted octanol–water partition coefficient (Wildman–Crippen LogP) is 0.260. The minimum absolute atomic E-state index is 0.184. The van der Waals surface area contributed by atoms with Gasteiger partial charge in [-0.2, -0.15) is 0 Å². The van der Waals surface area contributed by atoms with Gasteiger partial charge in [-0.3, -0.25) is 14.5 Å². The number of nitrogens with one attached hydrogen (secondary N) is 1. The smallest absolute Gasteiger partial charge is 0.259 e. The van der Waals surface area contributed by atoms with Crippen molar-refractivity contribution in [2.45, 2.75) is 25.8 Å². The minimum Gasteiger partial charge on any atom is -0.367 e. The third-order valence-electron chi connectivity index (χ3n) is 4.07. The van der Waals surface area contributed by atoms with E-state index < -0.39 is 0 Å². The second-order valence-corrected chi connectivity index (χ2v) is 5.43. The van der Waals surface area contributed by atoms with Gasteiger partial charge in [-0.05, 0) is 6.42 Å². The summed E-state index contributed by atoms with van der Waals surface area (Å²) >= 11 is 0. The summed E-state index contributed by atoms with van der Waals surface area (Å²) in [6.07, 6.45) is 5.22. The number of piperazine rings is 1. The zero-order chi connectivity index (χ0) is 15.2. The van der Waals surface area contributed by atoms with Gasteiger partial charge in [0.2, 0.25) is 0 Å². The number of H-pyrrole nitrogens is 1. The lowest BCUT2D eigenvalue weighted by molar-refractivity contribution is 0.0564. The van der Waals surface area contributed by atoms with Crippen LogP contribution in [0, 0.1) is 0 Å². The van der Waals surface area contributed by atoms with E-state index in [0.29, 0.717) is 25.7 Å². The maximum atomic E-state index is 12.4. The summed E-state index contributed by atoms with van der Waals surface area (Å²) < 4.78 is 0. The predicted molar refractivity (Wildman–Crippen MR) is 82.3 cm³/mol. The SMILES string of the molecule is CCCC(CN)N1CCN(C(=O)c2c[nH]ccc2=O)CC1. The molecular weight excluding hydrogens is 268 g/mol. The first-order chi connectivity index (χ1) is 10.2. The monoisotopic (exact) mass is 292 g/mol. The zero-order valence-electron chi connectivity index (χ0n) is 12.5. The Morgan fingerprint density at radius 2 is 2.10 bits per heavy atom. The van der Waals surface area contributed by atoms with Gasteiger partial charge in [-0.25, -0.2) is 0 Å². The van der Waals surface area contributed by atoms with Crippen molar-refractivity contribution in [2.75, 3.05) is 32.7 Å². The van der Waals surface area contributed by atoms with Crippen LogP contribution < -0.4 is 11.2 Å². The molecule has 0 radical (unpaired) electrons. The molecule has 0 aliphatic carbocycles. The third-order valence-corrected chi connectivity index (χ3v) is 4.07. The number of aromatic nitrogens is 1. The minimum atomic E-state index is -0.230. The molecule has 1 aromatic rings. The molecule has 6 nitrogen and oxygen atoms in total. The number of carbonyl (C=O) groups excluding carboxylic acids is 1. The molecule has 2 rings (SSSR count). The maximum Gasteiger partial charge on any atom is 0.259 e. The molecule has 1 aromatic heterocycles. The van der Waals surface area contributed by atoms with Crippen LogP contribution in [0.2, 0.25) is 0 Å². The highest BCUT2D eigenvalue weighted by molar-refractivity contribution is 5.93. The average molecular weight is 292 g/mol. The molecule has 0 bridgehead atoms. The fourth-order valence-electron chi connectivity index (χ4n) is 2.83. The molecule has 0 saturated carbocycles. The largest absolute Gasteiger partial charge is 0.367 e. The first-order valence-electron chi connectivity index (χ1n) is 7.57. The van der Waals surface area contributed by atoms with Gasteiger partial charge < -0.3 is 15.6 Å². The molecule has 1 saturated heterocycles. The van der Waals surface area contributed by atoms with E-state index in [1.54, 1.807) is 4.90 Å². The molecule has 2 heterocycles. The van der Waals surface area contributed by atoms with Crippen molar-refractivity contribution >= 4 is 5.91 Å². The number of nitrogens with two attached hydrogens (primary N) is 1. The molecule has 116 valence electrons. The zero-order valence-corrected chi connectivity index (χ0v) is 12.5. The number of pyridine rings is 1. The second kappa shape index (κ2) is 7.38. The fraction of sp³-hybridized carbons (Fsp3) is 0.600. The topological polar surface area (TPSA) is 82.4 Å². The summed E-state index contributed by atoms with van der Waals surface area (Å²) in [5.74, 6) is -0.184. The number of hydrogen-bond donors (Lipinski definition) is 2. The van der Waals surface area contributed by atoms with Gasteiger partial charge in [0.25, 0.3) is 5.91 Å². The molecule has 1 unspecified atom stereocenters. The Morgan fingerprint density at radius 3 is 2.67 bits per heavy atom. The van der Waals surface area contributed by atoms with Gasteiger partial charge >= 0.3 is 0 Å². The average Bonchev–Trinajstić information content (AvgIpc) is 2.52. The van der Waals surface area contributed by atoms with E-state index in [-0.39, 0.29) is 16.9 Å². The van der Waals surface area contributed by atoms with Crippen molar-refractivity contribution in [2.24, 2.45) is 5.73 Å². The molecule has 3 N–H and O–H groups in total. The van der Waals surface area contributed by atoms with Gasteiger partial charge in [0.1, 0.15) is 5.56 Å². The van der Waals surface area contributed by atoms with Gasteiger partial charge in [0.15, 0.2) is 5.43 Å². The van der Waals surface area contributed by atoms with Gasteiger partial charge in [-0.15, -0.1) is 0 Å². The van der Waals surface area contributed by atoms with E-state index in [2.05, 4.69) is 16.8 Å². The van der Waals surface area contributed by atoms with Crippen molar-refractivity contribution in [3.8, 4) is 0 Å². The van der Waals surface area contributed by atoms with Crippen LogP contribution in [0.3, 0.4) is 0 Å². The Hall–Kier alpha value is -1.66. The Morgan fingerprint density at radius 1 is 1.38 bits per heavy atom. The van der Waals surface area contributed by atoms with Crippen LogP contribution in [0.1, 0.15) is 30.1 Å². The van der Waals surface area contributed by atoms with Gasteiger partial charge in [-0.1, -0.05) is 13.3 Å². The van der Waals surface area contributed by atoms with Crippen LogP contribution in [-0.2, 0) is 0 Å². The second-order valence-electron chi connectivity index (χ2n) is 5.43. The van der Waals surface area contributed by atoms with Crippen molar-refractivity contribution in [3.63, 3.8) is 0 Å². The highest BCUT2D eigenvalue weighted by Crippen LogP contribution is 2.11. The van der Waals surface area contributed by atoms with E-state index >= 15 is 0 Å². The van der Waals surface area contributed by atoms with Crippen LogP contribution in [0.5, 0.6) is 0 Å². The molecule has 0 spiro atoms. The summed E-state index contributed by atoms with van der Waals surface area (Å²) in [7, 11) is 0. The Kier molecular flexibility index (Phi) is 5.52. The molecular formula is C15H24N4O2. The number of amides is 1. The number of hydrogen-bond acceptors (Lipinski definition) is 4. The molecule has 6 heteroatoms. The summed E-state index contributed by atoms with van der Waals surface area (Å²) in [5, 5.41) is 0. The standard InChI is InChI=1S/C15H24N4O2/c1-2-3-12(10-16)18-6-8-19(9-7-18)15(21)13-11-17-5-4-14(13)20/h4-5,11-12H,2-3,6-10,16H2,1H3,(H,17,20). The van der Waals surface area contributed by atoms with Crippen LogP contribution in [0.15, 0.2) is 23.3 Å². The van der Waals surface area contributed by atoms with E-state index in [1.165, 1.54) is 18.5 Å². The summed E-state index contributed by atoms with van der Waals surface area (Å²) in [4.78, 5) is 31.0. The Balaban J connectivity index is 1.96. The quantitative estimate of drug-likeness (QED) is 0.815. The third kappa shape index (κ3) is 3.71. The lowest BCUT2D eigenvalue weighted by Crippen LogP contribution is -2.54. The molecule has 21 heavy (non-hydrogen) atoms. The lowest BCUT2D eigenvalue weighted by atomic mass is 10.1. The molecule has 0 aromatic carbocycles. The summed E-state index contributed by atoms with van der Waals surface area (Å²) in [6, 6.07) is 1.78. The van der Waals surface area contributed by atoms with Crippen molar-refractivity contribution in [1.82, 2.24) is 14.8 Å². The number of nitrogens with zero attached hydrogens (tertiary/aromatic N) is 2. The van der Waals surface area contributed by atoms with Crippen LogP contribution in [0.25, 0.3) is 0 Å². The summed E-state index contributed by atoms with van der Waals surface area (Å²) in [5.41, 5.74) is 5.82. The molecule has 1 amide bonds. The van der Waals surface area contributed by atoms with Crippen molar-refractivity contribution in [3.05, 3.63) is 34.2 Å².